The van der Waals surface area contributed by atoms with E-state index in [9.17, 15) is 19.2 Å². The molecule has 1 aliphatic carbocycles. The number of nitrogens with one attached hydrogen (secondary N) is 3. The van der Waals surface area contributed by atoms with E-state index in [1.54, 1.807) is 18.2 Å². The summed E-state index contributed by atoms with van der Waals surface area (Å²) in [6.45, 7) is 5.36. The van der Waals surface area contributed by atoms with Crippen molar-refractivity contribution in [1.29, 1.82) is 0 Å². The molecule has 49 heavy (non-hydrogen) atoms. The summed E-state index contributed by atoms with van der Waals surface area (Å²) in [4.78, 5) is 54.6. The molecule has 11 nitrogen and oxygen atoms in total. The lowest BCUT2D eigenvalue weighted by Crippen LogP contribution is -2.40. The van der Waals surface area contributed by atoms with Crippen molar-refractivity contribution in [2.75, 3.05) is 18.5 Å². The Hall–Kier alpha value is -4.45. The van der Waals surface area contributed by atoms with Gasteiger partial charge in [-0.05, 0) is 42.9 Å². The molecule has 1 aliphatic heterocycles. The zero-order valence-electron chi connectivity index (χ0n) is 27.7. The van der Waals surface area contributed by atoms with Crippen molar-refractivity contribution in [3.8, 4) is 28.3 Å². The second-order valence-corrected chi connectivity index (χ2v) is 13.7. The third kappa shape index (κ3) is 7.01. The molecule has 2 aliphatic rings. The fraction of sp³-hybridized carbons (Fsp3) is 0.361. The minimum absolute atomic E-state index is 0.0516. The van der Waals surface area contributed by atoms with Gasteiger partial charge in [0.05, 0.1) is 28.0 Å². The second-order valence-electron chi connectivity index (χ2n) is 13.0. The zero-order chi connectivity index (χ0) is 35.0. The van der Waals surface area contributed by atoms with E-state index < -0.39 is 17.2 Å². The number of anilines is 1. The van der Waals surface area contributed by atoms with Crippen molar-refractivity contribution in [2.45, 2.75) is 51.6 Å². The molecule has 4 aromatic rings. The van der Waals surface area contributed by atoms with Gasteiger partial charge < -0.3 is 25.3 Å². The topological polar surface area (TPSA) is 136 Å². The predicted molar refractivity (Wildman–Crippen MR) is 191 cm³/mol. The van der Waals surface area contributed by atoms with Gasteiger partial charge in [0.1, 0.15) is 5.56 Å². The van der Waals surface area contributed by atoms with Crippen molar-refractivity contribution in [3.05, 3.63) is 96.2 Å². The highest BCUT2D eigenvalue weighted by molar-refractivity contribution is 6.39. The summed E-state index contributed by atoms with van der Waals surface area (Å²) in [5.74, 6) is 0.255. The average molecular weight is 706 g/mol. The van der Waals surface area contributed by atoms with E-state index in [2.05, 4.69) is 35.9 Å². The minimum Gasteiger partial charge on any atom is -0.477 e. The SMILES string of the molecule is CC(C)COc1nc(-c2cccc(-c3cccc(NC(=O)c4cn(C)c(=O)n(C)c4=O)c3Cl)c2Cl)cc2c1[C@@H](NCC1CCC(=O)N1)CC2. The molecule has 3 heterocycles. The first kappa shape index (κ1) is 34.4. The summed E-state index contributed by atoms with van der Waals surface area (Å²) >= 11 is 14.0. The molecule has 2 aromatic heterocycles. The Labute approximate surface area is 293 Å². The van der Waals surface area contributed by atoms with E-state index in [1.807, 2.05) is 18.2 Å². The number of nitrogens with zero attached hydrogens (tertiary/aromatic N) is 3. The van der Waals surface area contributed by atoms with E-state index in [0.29, 0.717) is 58.8 Å². The molecule has 1 unspecified atom stereocenters. The smallest absolute Gasteiger partial charge is 0.330 e. The van der Waals surface area contributed by atoms with Crippen LogP contribution < -0.4 is 31.9 Å². The fourth-order valence-corrected chi connectivity index (χ4v) is 6.95. The number of halogens is 2. The quantitative estimate of drug-likeness (QED) is 0.205. The van der Waals surface area contributed by atoms with Crippen molar-refractivity contribution >= 4 is 40.7 Å². The highest BCUT2D eigenvalue weighted by Crippen LogP contribution is 2.44. The molecular weight excluding hydrogens is 667 g/mol. The van der Waals surface area contributed by atoms with Crippen LogP contribution in [0, 0.1) is 5.92 Å². The molecule has 1 fully saturated rings. The summed E-state index contributed by atoms with van der Waals surface area (Å²) in [5.41, 5.74) is 3.55. The lowest BCUT2D eigenvalue weighted by atomic mass is 9.99. The molecule has 0 bridgehead atoms. The van der Waals surface area contributed by atoms with Crippen LogP contribution in [0.1, 0.15) is 60.6 Å². The van der Waals surface area contributed by atoms with Gasteiger partial charge in [-0.3, -0.25) is 19.0 Å². The van der Waals surface area contributed by atoms with Gasteiger partial charge in [0.15, 0.2) is 0 Å². The van der Waals surface area contributed by atoms with Gasteiger partial charge in [-0.15, -0.1) is 0 Å². The van der Waals surface area contributed by atoms with Gasteiger partial charge in [0.25, 0.3) is 11.5 Å². The van der Waals surface area contributed by atoms with Crippen LogP contribution >= 0.6 is 23.2 Å². The van der Waals surface area contributed by atoms with Crippen molar-refractivity contribution in [1.82, 2.24) is 24.8 Å². The first-order chi connectivity index (χ1) is 23.4. The van der Waals surface area contributed by atoms with Gasteiger partial charge in [-0.25, -0.2) is 9.78 Å². The van der Waals surface area contributed by atoms with Crippen LogP contribution in [0.25, 0.3) is 22.4 Å². The van der Waals surface area contributed by atoms with Crippen LogP contribution in [0.15, 0.2) is 58.3 Å². The van der Waals surface area contributed by atoms with Gasteiger partial charge in [0, 0.05) is 67.6 Å². The summed E-state index contributed by atoms with van der Waals surface area (Å²) in [7, 11) is 2.78. The maximum Gasteiger partial charge on any atom is 0.330 e. The van der Waals surface area contributed by atoms with E-state index in [4.69, 9.17) is 32.9 Å². The minimum atomic E-state index is -0.716. The molecule has 256 valence electrons. The Kier molecular flexibility index (Phi) is 9.96. The molecule has 0 saturated carbocycles. The number of aromatic nitrogens is 3. The lowest BCUT2D eigenvalue weighted by Gasteiger charge is -2.21. The van der Waals surface area contributed by atoms with Crippen molar-refractivity contribution in [3.63, 3.8) is 0 Å². The molecule has 2 aromatic carbocycles. The van der Waals surface area contributed by atoms with E-state index >= 15 is 0 Å². The van der Waals surface area contributed by atoms with E-state index in [0.717, 1.165) is 35.0 Å². The monoisotopic (exact) mass is 704 g/mol. The molecule has 1 saturated heterocycles. The van der Waals surface area contributed by atoms with Crippen molar-refractivity contribution in [2.24, 2.45) is 20.0 Å². The highest BCUT2D eigenvalue weighted by Gasteiger charge is 2.31. The number of amides is 2. The van der Waals surface area contributed by atoms with Gasteiger partial charge >= 0.3 is 5.69 Å². The Bertz CT molecular complexity index is 2070. The number of fused-ring (bicyclic) bond motifs is 1. The van der Waals surface area contributed by atoms with E-state index in [-0.39, 0.29) is 34.3 Å². The summed E-state index contributed by atoms with van der Waals surface area (Å²) in [5, 5.41) is 10.0. The fourth-order valence-electron chi connectivity index (χ4n) is 6.35. The van der Waals surface area contributed by atoms with Gasteiger partial charge in [0.2, 0.25) is 11.8 Å². The number of pyridine rings is 1. The number of ether oxygens (including phenoxy) is 1. The average Bonchev–Trinajstić information content (AvgIpc) is 3.69. The first-order valence-corrected chi connectivity index (χ1v) is 17.0. The number of hydrogen-bond donors (Lipinski definition) is 3. The third-order valence-corrected chi connectivity index (χ3v) is 9.73. The Balaban J connectivity index is 1.32. The zero-order valence-corrected chi connectivity index (χ0v) is 29.2. The molecular formula is C36H38Cl2N6O5. The second kappa shape index (κ2) is 14.2. The maximum atomic E-state index is 13.2. The normalized spacial score (nSPS) is 16.9. The summed E-state index contributed by atoms with van der Waals surface area (Å²) in [6.07, 6.45) is 4.30. The molecule has 2 atom stereocenters. The van der Waals surface area contributed by atoms with Crippen LogP contribution in [-0.4, -0.2) is 45.1 Å². The summed E-state index contributed by atoms with van der Waals surface area (Å²) in [6, 6.07) is 13.0. The number of carbonyl (C=O) groups is 2. The highest BCUT2D eigenvalue weighted by atomic mass is 35.5. The van der Waals surface area contributed by atoms with Gasteiger partial charge in [-0.2, -0.15) is 0 Å². The Morgan fingerprint density at radius 2 is 1.73 bits per heavy atom. The first-order valence-electron chi connectivity index (χ1n) is 16.3. The summed E-state index contributed by atoms with van der Waals surface area (Å²) < 4.78 is 8.36. The number of hydrogen-bond acceptors (Lipinski definition) is 7. The van der Waals surface area contributed by atoms with Crippen LogP contribution in [0.4, 0.5) is 5.69 Å². The predicted octanol–water partition coefficient (Wildman–Crippen LogP) is 5.26. The Morgan fingerprint density at radius 3 is 2.45 bits per heavy atom. The van der Waals surface area contributed by atoms with Crippen LogP contribution in [0.5, 0.6) is 5.88 Å². The Morgan fingerprint density at radius 1 is 1.02 bits per heavy atom. The largest absolute Gasteiger partial charge is 0.477 e. The molecule has 13 heteroatoms. The van der Waals surface area contributed by atoms with Gasteiger partial charge in [-0.1, -0.05) is 67.4 Å². The molecule has 0 spiro atoms. The molecule has 3 N–H and O–H groups in total. The van der Waals surface area contributed by atoms with Crippen LogP contribution in [0.3, 0.4) is 0 Å². The maximum absolute atomic E-state index is 13.2. The number of rotatable bonds is 10. The number of benzene rings is 2. The third-order valence-electron chi connectivity index (χ3n) is 8.91. The number of carbonyl (C=O) groups excluding carboxylic acids is 2. The lowest BCUT2D eigenvalue weighted by molar-refractivity contribution is -0.119. The molecule has 6 rings (SSSR count). The van der Waals surface area contributed by atoms with Crippen molar-refractivity contribution < 1.29 is 14.3 Å². The van der Waals surface area contributed by atoms with Crippen LogP contribution in [0.2, 0.25) is 10.0 Å². The molecule has 0 radical (unpaired) electrons. The standard InChI is InChI=1S/C36H38Cl2N6O5/c1-19(2)18-49-34-30-20(11-13-26(30)39-16-21-12-14-29(45)40-21)15-28(42-34)24-9-5-7-22(31(24)37)23-8-6-10-27(32(23)38)41-33(46)25-17-43(3)36(48)44(4)35(25)47/h5-10,15,17,19,21,26,39H,11-14,16,18H2,1-4H3,(H,40,45)(H,41,46)/t21?,26-/m0/s1. The van der Waals surface area contributed by atoms with Crippen LogP contribution in [-0.2, 0) is 25.3 Å². The van der Waals surface area contributed by atoms with E-state index in [1.165, 1.54) is 24.9 Å². The number of aryl methyl sites for hydroxylation is 2. The molecule has 2 amide bonds.